The van der Waals surface area contributed by atoms with Crippen molar-refractivity contribution < 1.29 is 17.9 Å². The highest BCUT2D eigenvalue weighted by Crippen LogP contribution is 2.45. The number of fused-ring (bicyclic) bond motifs is 1. The van der Waals surface area contributed by atoms with Gasteiger partial charge in [0, 0.05) is 18.0 Å². The van der Waals surface area contributed by atoms with Crippen LogP contribution in [0.1, 0.15) is 35.7 Å². The summed E-state index contributed by atoms with van der Waals surface area (Å²) >= 11 is 0. The predicted octanol–water partition coefficient (Wildman–Crippen LogP) is 5.39. The normalized spacial score (nSPS) is 13.6. The van der Waals surface area contributed by atoms with Gasteiger partial charge in [0.1, 0.15) is 23.1 Å². The number of nitrogens with zero attached hydrogens (tertiary/aromatic N) is 6. The Kier molecular flexibility index (Phi) is 5.86. The fourth-order valence-corrected chi connectivity index (χ4v) is 4.22. The first-order chi connectivity index (χ1) is 18.4. The smallest absolute Gasteiger partial charge is 0.433 e. The molecule has 0 amide bonds. The Balaban J connectivity index is 1.28. The molecule has 1 saturated carbocycles. The van der Waals surface area contributed by atoms with Crippen LogP contribution in [0, 0.1) is 0 Å². The third-order valence-electron chi connectivity index (χ3n) is 6.26. The van der Waals surface area contributed by atoms with Crippen LogP contribution in [0.25, 0.3) is 33.8 Å². The van der Waals surface area contributed by atoms with Crippen molar-refractivity contribution in [3.63, 3.8) is 0 Å². The lowest BCUT2D eigenvalue weighted by molar-refractivity contribution is -0.141. The van der Waals surface area contributed by atoms with Crippen LogP contribution in [0.4, 0.5) is 19.0 Å². The Hall–Kier alpha value is -4.61. The number of ether oxygens (including phenoxy) is 1. The Morgan fingerprint density at radius 2 is 1.82 bits per heavy atom. The molecule has 0 atom stereocenters. The number of hydrogen-bond acceptors (Lipinski definition) is 8. The number of benzene rings is 1. The molecular weight excluding hydrogens is 497 g/mol. The first kappa shape index (κ1) is 23.8. The summed E-state index contributed by atoms with van der Waals surface area (Å²) in [5.74, 6) is 1.68. The van der Waals surface area contributed by atoms with E-state index in [1.807, 2.05) is 12.1 Å². The van der Waals surface area contributed by atoms with Gasteiger partial charge in [0.15, 0.2) is 17.3 Å². The lowest BCUT2D eigenvalue weighted by Crippen LogP contribution is -2.08. The van der Waals surface area contributed by atoms with E-state index in [9.17, 15) is 13.2 Å². The van der Waals surface area contributed by atoms with E-state index in [0.29, 0.717) is 52.3 Å². The molecular formula is C26H21F3N8O. The highest BCUT2D eigenvalue weighted by Gasteiger charge is 2.33. The lowest BCUT2D eigenvalue weighted by Gasteiger charge is -2.13. The Bertz CT molecular complexity index is 1610. The maximum atomic E-state index is 13.0. The molecule has 2 N–H and O–H groups in total. The summed E-state index contributed by atoms with van der Waals surface area (Å²) in [6.07, 6.45) is 0.611. The fourth-order valence-electron chi connectivity index (χ4n) is 4.22. The largest absolute Gasteiger partial charge is 0.480 e. The first-order valence-corrected chi connectivity index (χ1v) is 11.9. The number of anilines is 1. The number of pyridine rings is 1. The Morgan fingerprint density at radius 3 is 2.55 bits per heavy atom. The van der Waals surface area contributed by atoms with Crippen LogP contribution in [-0.2, 0) is 12.7 Å². The van der Waals surface area contributed by atoms with E-state index in [4.69, 9.17) is 9.72 Å². The van der Waals surface area contributed by atoms with Crippen LogP contribution in [0.15, 0.2) is 55.1 Å². The molecule has 1 fully saturated rings. The van der Waals surface area contributed by atoms with E-state index < -0.39 is 11.9 Å². The minimum absolute atomic E-state index is 0.254. The van der Waals surface area contributed by atoms with Gasteiger partial charge in [-0.1, -0.05) is 30.3 Å². The highest BCUT2D eigenvalue weighted by molar-refractivity contribution is 5.85. The number of nitrogens with one attached hydrogen (secondary N) is 2. The molecule has 1 aromatic carbocycles. The number of hydrogen-bond donors (Lipinski definition) is 2. The van der Waals surface area contributed by atoms with Gasteiger partial charge >= 0.3 is 6.18 Å². The first-order valence-electron chi connectivity index (χ1n) is 11.9. The standard InChI is InChI=1S/C26H21F3N8O/c1-38-25-19(20(16-9-10-16)31-13-34-25)22-36-23(21-24(37-22)33-12-32-21)30-11-14-5-7-15(8-6-14)17-3-2-4-18(35-17)26(27,28)29/h2-8,12-13,16H,9-11H2,1H3,(H2,30,32,33,36,37). The fraction of sp³-hybridized carbons (Fsp3) is 0.231. The van der Waals surface area contributed by atoms with Gasteiger partial charge in [-0.25, -0.2) is 29.9 Å². The van der Waals surface area contributed by atoms with Crippen molar-refractivity contribution in [2.24, 2.45) is 0 Å². The molecule has 0 spiro atoms. The highest BCUT2D eigenvalue weighted by atomic mass is 19.4. The van der Waals surface area contributed by atoms with Crippen molar-refractivity contribution in [1.82, 2.24) is 34.9 Å². The molecule has 1 aliphatic rings. The summed E-state index contributed by atoms with van der Waals surface area (Å²) in [5.41, 5.74) is 3.45. The SMILES string of the molecule is COc1ncnc(C2CC2)c1-c1nc(NCc2ccc(-c3cccc(C(F)(F)F)n3)cc2)c2[nH]cnc2n1. The summed E-state index contributed by atoms with van der Waals surface area (Å²) < 4.78 is 44.6. The molecule has 0 saturated heterocycles. The van der Waals surface area contributed by atoms with E-state index in [2.05, 4.69) is 35.2 Å². The van der Waals surface area contributed by atoms with E-state index >= 15 is 0 Å². The minimum Gasteiger partial charge on any atom is -0.480 e. The lowest BCUT2D eigenvalue weighted by atomic mass is 10.1. The summed E-state index contributed by atoms with van der Waals surface area (Å²) in [4.78, 5) is 29.3. The summed E-state index contributed by atoms with van der Waals surface area (Å²) in [6.45, 7) is 0.402. The molecule has 1 aliphatic carbocycles. The van der Waals surface area contributed by atoms with Crippen molar-refractivity contribution in [2.45, 2.75) is 31.5 Å². The average Bonchev–Trinajstić information content (AvgIpc) is 3.67. The van der Waals surface area contributed by atoms with E-state index in [1.54, 1.807) is 31.6 Å². The number of methoxy groups -OCH3 is 1. The van der Waals surface area contributed by atoms with E-state index in [-0.39, 0.29) is 5.69 Å². The predicted molar refractivity (Wildman–Crippen MR) is 133 cm³/mol. The minimum atomic E-state index is -4.50. The molecule has 0 unspecified atom stereocenters. The molecule has 12 heteroatoms. The van der Waals surface area contributed by atoms with Crippen LogP contribution in [-0.4, -0.2) is 42.0 Å². The zero-order valence-corrected chi connectivity index (χ0v) is 20.1. The van der Waals surface area contributed by atoms with Crippen LogP contribution < -0.4 is 10.1 Å². The molecule has 4 aromatic heterocycles. The van der Waals surface area contributed by atoms with Crippen molar-refractivity contribution in [3.8, 4) is 28.5 Å². The van der Waals surface area contributed by atoms with Gasteiger partial charge in [0.05, 0.1) is 24.8 Å². The number of aromatic nitrogens is 7. The second kappa shape index (κ2) is 9.36. The van der Waals surface area contributed by atoms with Crippen molar-refractivity contribution >= 4 is 17.0 Å². The molecule has 9 nitrogen and oxygen atoms in total. The molecule has 5 aromatic rings. The van der Waals surface area contributed by atoms with Gasteiger partial charge < -0.3 is 15.0 Å². The van der Waals surface area contributed by atoms with E-state index in [0.717, 1.165) is 30.2 Å². The van der Waals surface area contributed by atoms with Gasteiger partial charge in [0.2, 0.25) is 5.88 Å². The number of H-pyrrole nitrogens is 1. The van der Waals surface area contributed by atoms with Crippen LogP contribution >= 0.6 is 0 Å². The number of rotatable bonds is 7. The molecule has 6 rings (SSSR count). The zero-order valence-electron chi connectivity index (χ0n) is 20.1. The average molecular weight is 519 g/mol. The Morgan fingerprint density at radius 1 is 1.00 bits per heavy atom. The maximum Gasteiger partial charge on any atom is 0.433 e. The van der Waals surface area contributed by atoms with Gasteiger partial charge in [-0.2, -0.15) is 13.2 Å². The molecule has 0 radical (unpaired) electrons. The number of aromatic amines is 1. The molecule has 0 aliphatic heterocycles. The molecule has 4 heterocycles. The second-order valence-corrected chi connectivity index (χ2v) is 8.87. The van der Waals surface area contributed by atoms with Gasteiger partial charge in [-0.3, -0.25) is 0 Å². The van der Waals surface area contributed by atoms with Crippen molar-refractivity contribution in [3.05, 3.63) is 72.1 Å². The summed E-state index contributed by atoms with van der Waals surface area (Å²) in [6, 6.07) is 11.0. The number of imidazole rings is 1. The van der Waals surface area contributed by atoms with Crippen molar-refractivity contribution in [2.75, 3.05) is 12.4 Å². The van der Waals surface area contributed by atoms with Crippen molar-refractivity contribution in [1.29, 1.82) is 0 Å². The maximum absolute atomic E-state index is 13.0. The molecule has 192 valence electrons. The van der Waals surface area contributed by atoms with Crippen LogP contribution in [0.3, 0.4) is 0 Å². The number of halogens is 3. The summed E-state index contributed by atoms with van der Waals surface area (Å²) in [5, 5.41) is 3.32. The van der Waals surface area contributed by atoms with Crippen LogP contribution in [0.2, 0.25) is 0 Å². The zero-order chi connectivity index (χ0) is 26.3. The third-order valence-corrected chi connectivity index (χ3v) is 6.26. The van der Waals surface area contributed by atoms with Gasteiger partial charge in [0.25, 0.3) is 0 Å². The quantitative estimate of drug-likeness (QED) is 0.295. The number of alkyl halides is 3. The second-order valence-electron chi connectivity index (χ2n) is 8.87. The monoisotopic (exact) mass is 518 g/mol. The van der Waals surface area contributed by atoms with Gasteiger partial charge in [-0.15, -0.1) is 0 Å². The molecule has 38 heavy (non-hydrogen) atoms. The Labute approximate surface area is 214 Å². The van der Waals surface area contributed by atoms with Gasteiger partial charge in [-0.05, 0) is 30.5 Å². The summed E-state index contributed by atoms with van der Waals surface area (Å²) in [7, 11) is 1.55. The van der Waals surface area contributed by atoms with E-state index in [1.165, 1.54) is 12.4 Å². The molecule has 0 bridgehead atoms. The van der Waals surface area contributed by atoms with Crippen LogP contribution in [0.5, 0.6) is 5.88 Å². The third kappa shape index (κ3) is 4.60. The topological polar surface area (TPSA) is 114 Å².